The molecule has 24 heavy (non-hydrogen) atoms. The quantitative estimate of drug-likeness (QED) is 0.769. The number of amides is 1. The number of nitrogens with one attached hydrogen (secondary N) is 2. The van der Waals surface area contributed by atoms with E-state index >= 15 is 0 Å². The summed E-state index contributed by atoms with van der Waals surface area (Å²) >= 11 is 3.25. The molecule has 1 saturated carbocycles. The molecule has 0 spiro atoms. The average Bonchev–Trinajstić information content (AvgIpc) is 3.39. The zero-order valence-corrected chi connectivity index (χ0v) is 15.2. The number of halogens is 1. The second kappa shape index (κ2) is 7.04. The fourth-order valence-electron chi connectivity index (χ4n) is 2.27. The molecule has 0 saturated heterocycles. The van der Waals surface area contributed by atoms with E-state index in [0.717, 1.165) is 18.4 Å². The van der Waals surface area contributed by atoms with E-state index in [1.54, 1.807) is 42.5 Å². The standard InChI is InChI=1S/C17H17BrN2O3S/c18-15-6-1-2-7-16(15)24(22,23)19-11-12-4-3-5-14(10-12)20-17(21)13-8-9-13/h1-7,10,13,19H,8-9,11H2,(H,20,21). The Morgan fingerprint density at radius 1 is 1.12 bits per heavy atom. The van der Waals surface area contributed by atoms with Crippen molar-refractivity contribution < 1.29 is 13.2 Å². The van der Waals surface area contributed by atoms with Crippen LogP contribution in [0.2, 0.25) is 0 Å². The van der Waals surface area contributed by atoms with Crippen LogP contribution in [0.5, 0.6) is 0 Å². The molecule has 1 fully saturated rings. The Balaban J connectivity index is 1.68. The van der Waals surface area contributed by atoms with Crippen LogP contribution in [-0.2, 0) is 21.4 Å². The minimum absolute atomic E-state index is 0.0287. The number of sulfonamides is 1. The fraction of sp³-hybridized carbons (Fsp3) is 0.235. The lowest BCUT2D eigenvalue weighted by Crippen LogP contribution is -2.23. The van der Waals surface area contributed by atoms with Crippen molar-refractivity contribution in [2.45, 2.75) is 24.3 Å². The van der Waals surface area contributed by atoms with E-state index in [-0.39, 0.29) is 23.3 Å². The van der Waals surface area contributed by atoms with Gasteiger partial charge in [0, 0.05) is 22.6 Å². The Morgan fingerprint density at radius 2 is 1.88 bits per heavy atom. The third kappa shape index (κ3) is 4.23. The van der Waals surface area contributed by atoms with E-state index in [2.05, 4.69) is 26.0 Å². The molecule has 0 radical (unpaired) electrons. The van der Waals surface area contributed by atoms with E-state index in [9.17, 15) is 13.2 Å². The predicted molar refractivity (Wildman–Crippen MR) is 96.0 cm³/mol. The highest BCUT2D eigenvalue weighted by Crippen LogP contribution is 2.30. The smallest absolute Gasteiger partial charge is 0.241 e. The molecule has 0 heterocycles. The van der Waals surface area contributed by atoms with Gasteiger partial charge < -0.3 is 5.32 Å². The largest absolute Gasteiger partial charge is 0.326 e. The Morgan fingerprint density at radius 3 is 2.58 bits per heavy atom. The summed E-state index contributed by atoms with van der Waals surface area (Å²) in [6.45, 7) is 0.150. The molecule has 0 aliphatic heterocycles. The number of benzene rings is 2. The van der Waals surface area contributed by atoms with Gasteiger partial charge >= 0.3 is 0 Å². The lowest BCUT2D eigenvalue weighted by Gasteiger charge is -2.10. The van der Waals surface area contributed by atoms with Gasteiger partial charge in [0.25, 0.3) is 0 Å². The molecule has 2 aromatic rings. The number of hydrogen-bond acceptors (Lipinski definition) is 3. The zero-order chi connectivity index (χ0) is 17.2. The summed E-state index contributed by atoms with van der Waals surface area (Å²) in [7, 11) is -3.61. The molecule has 0 bridgehead atoms. The van der Waals surface area contributed by atoms with Crippen molar-refractivity contribution in [1.29, 1.82) is 0 Å². The predicted octanol–water partition coefficient (Wildman–Crippen LogP) is 3.28. The molecule has 0 unspecified atom stereocenters. The van der Waals surface area contributed by atoms with Crippen LogP contribution in [0.25, 0.3) is 0 Å². The lowest BCUT2D eigenvalue weighted by atomic mass is 10.2. The van der Waals surface area contributed by atoms with Gasteiger partial charge in [0.1, 0.15) is 0 Å². The van der Waals surface area contributed by atoms with E-state index in [1.165, 1.54) is 0 Å². The van der Waals surface area contributed by atoms with Gasteiger partial charge in [-0.2, -0.15) is 0 Å². The summed E-state index contributed by atoms with van der Waals surface area (Å²) in [6, 6.07) is 13.8. The molecule has 126 valence electrons. The Hall–Kier alpha value is -1.70. The van der Waals surface area contributed by atoms with Gasteiger partial charge in [-0.05, 0) is 58.6 Å². The molecule has 2 N–H and O–H groups in total. The average molecular weight is 409 g/mol. The van der Waals surface area contributed by atoms with E-state index < -0.39 is 10.0 Å². The second-order valence-electron chi connectivity index (χ2n) is 5.72. The molecule has 0 atom stereocenters. The number of carbonyl (C=O) groups excluding carboxylic acids is 1. The minimum atomic E-state index is -3.61. The van der Waals surface area contributed by atoms with Crippen LogP contribution in [0.3, 0.4) is 0 Å². The maximum absolute atomic E-state index is 12.4. The lowest BCUT2D eigenvalue weighted by molar-refractivity contribution is -0.117. The summed E-state index contributed by atoms with van der Waals surface area (Å²) in [6.07, 6.45) is 1.88. The maximum Gasteiger partial charge on any atom is 0.241 e. The highest BCUT2D eigenvalue weighted by molar-refractivity contribution is 9.10. The summed E-state index contributed by atoms with van der Waals surface area (Å²) in [5.74, 6) is 0.156. The van der Waals surface area contributed by atoms with Crippen molar-refractivity contribution in [2.24, 2.45) is 5.92 Å². The van der Waals surface area contributed by atoms with Crippen molar-refractivity contribution in [1.82, 2.24) is 4.72 Å². The SMILES string of the molecule is O=C(Nc1cccc(CNS(=O)(=O)c2ccccc2Br)c1)C1CC1. The number of rotatable bonds is 6. The number of carbonyl (C=O) groups is 1. The van der Waals surface area contributed by atoms with E-state index in [4.69, 9.17) is 0 Å². The Labute approximate surface area is 149 Å². The molecule has 1 amide bonds. The fourth-order valence-corrected chi connectivity index (χ4v) is 4.29. The van der Waals surface area contributed by atoms with Crippen molar-refractivity contribution >= 4 is 37.5 Å². The maximum atomic E-state index is 12.4. The number of hydrogen-bond donors (Lipinski definition) is 2. The van der Waals surface area contributed by atoms with E-state index in [1.807, 2.05) is 6.07 Å². The first-order valence-electron chi connectivity index (χ1n) is 7.60. The Kier molecular flexibility index (Phi) is 5.03. The highest BCUT2D eigenvalue weighted by atomic mass is 79.9. The van der Waals surface area contributed by atoms with Crippen LogP contribution in [0.1, 0.15) is 18.4 Å². The molecular weight excluding hydrogens is 392 g/mol. The van der Waals surface area contributed by atoms with Gasteiger partial charge in [0.2, 0.25) is 15.9 Å². The topological polar surface area (TPSA) is 75.3 Å². The first kappa shape index (κ1) is 17.1. The van der Waals surface area contributed by atoms with Crippen LogP contribution >= 0.6 is 15.9 Å². The minimum Gasteiger partial charge on any atom is -0.326 e. The van der Waals surface area contributed by atoms with E-state index in [0.29, 0.717) is 10.2 Å². The summed E-state index contributed by atoms with van der Waals surface area (Å²) in [5, 5.41) is 2.86. The second-order valence-corrected chi connectivity index (χ2v) is 8.31. The van der Waals surface area contributed by atoms with Crippen molar-refractivity contribution in [3.8, 4) is 0 Å². The molecule has 7 heteroatoms. The van der Waals surface area contributed by atoms with Gasteiger partial charge in [-0.1, -0.05) is 24.3 Å². The van der Waals surface area contributed by atoms with Gasteiger partial charge in [-0.3, -0.25) is 4.79 Å². The monoisotopic (exact) mass is 408 g/mol. The molecule has 1 aliphatic rings. The van der Waals surface area contributed by atoms with Gasteiger partial charge in [-0.15, -0.1) is 0 Å². The molecular formula is C17H17BrN2O3S. The van der Waals surface area contributed by atoms with Crippen molar-refractivity contribution in [3.05, 3.63) is 58.6 Å². The van der Waals surface area contributed by atoms with Gasteiger partial charge in [0.05, 0.1) is 4.90 Å². The molecule has 0 aromatic heterocycles. The number of anilines is 1. The summed E-state index contributed by atoms with van der Waals surface area (Å²) in [5.41, 5.74) is 1.46. The van der Waals surface area contributed by atoms with Gasteiger partial charge in [-0.25, -0.2) is 13.1 Å². The Bertz CT molecular complexity index is 864. The first-order chi connectivity index (χ1) is 11.5. The van der Waals surface area contributed by atoms with Crippen LogP contribution in [0.4, 0.5) is 5.69 Å². The first-order valence-corrected chi connectivity index (χ1v) is 9.87. The van der Waals surface area contributed by atoms with Gasteiger partial charge in [0.15, 0.2) is 0 Å². The highest BCUT2D eigenvalue weighted by Gasteiger charge is 2.29. The summed E-state index contributed by atoms with van der Waals surface area (Å²) in [4.78, 5) is 12.0. The third-order valence-electron chi connectivity index (χ3n) is 3.74. The van der Waals surface area contributed by atoms with Crippen LogP contribution < -0.4 is 10.0 Å². The third-order valence-corrected chi connectivity index (χ3v) is 6.15. The van der Waals surface area contributed by atoms with Crippen molar-refractivity contribution in [3.63, 3.8) is 0 Å². The van der Waals surface area contributed by atoms with Crippen LogP contribution in [-0.4, -0.2) is 14.3 Å². The molecule has 2 aromatic carbocycles. The van der Waals surface area contributed by atoms with Crippen LogP contribution in [0, 0.1) is 5.92 Å². The zero-order valence-electron chi connectivity index (χ0n) is 12.8. The molecule has 3 rings (SSSR count). The normalized spacial score (nSPS) is 14.4. The van der Waals surface area contributed by atoms with Crippen LogP contribution in [0.15, 0.2) is 57.9 Å². The molecule has 1 aliphatic carbocycles. The summed E-state index contributed by atoms with van der Waals surface area (Å²) < 4.78 is 27.8. The van der Waals surface area contributed by atoms with Crippen molar-refractivity contribution in [2.75, 3.05) is 5.32 Å². The molecule has 5 nitrogen and oxygen atoms in total.